The first-order valence-electron chi connectivity index (χ1n) is 17.2. The third kappa shape index (κ3) is 6.75. The highest BCUT2D eigenvalue weighted by atomic mass is 31.2. The van der Waals surface area contributed by atoms with Gasteiger partial charge in [0.25, 0.3) is 5.60 Å². The molecule has 6 N–H and O–H groups in total. The maximum absolute atomic E-state index is 13.7. The van der Waals surface area contributed by atoms with Crippen LogP contribution in [0.5, 0.6) is 11.5 Å². The van der Waals surface area contributed by atoms with Crippen LogP contribution in [0.2, 0.25) is 0 Å². The predicted octanol–water partition coefficient (Wildman–Crippen LogP) is 4.12. The van der Waals surface area contributed by atoms with E-state index in [0.29, 0.717) is 77.0 Å². The van der Waals surface area contributed by atoms with Gasteiger partial charge in [-0.15, -0.1) is 0 Å². The first-order valence-corrected chi connectivity index (χ1v) is 18.6. The predicted molar refractivity (Wildman–Crippen MR) is 195 cm³/mol. The van der Waals surface area contributed by atoms with E-state index in [4.69, 9.17) is 30.2 Å². The van der Waals surface area contributed by atoms with Crippen molar-refractivity contribution in [1.82, 2.24) is 10.2 Å². The minimum atomic E-state index is -4.33. The molecule has 280 valence electrons. The Hall–Kier alpha value is -5.12. The first-order chi connectivity index (χ1) is 25.8. The highest BCUT2D eigenvalue weighted by molar-refractivity contribution is 7.54. The van der Waals surface area contributed by atoms with Crippen molar-refractivity contribution in [3.63, 3.8) is 0 Å². The third-order valence-electron chi connectivity index (χ3n) is 9.74. The van der Waals surface area contributed by atoms with E-state index < -0.39 is 25.2 Å². The number of carbonyl (C=O) groups is 3. The second-order valence-electron chi connectivity index (χ2n) is 14.0. The van der Waals surface area contributed by atoms with Crippen LogP contribution in [0.15, 0.2) is 78.0 Å². The van der Waals surface area contributed by atoms with Crippen LogP contribution in [0.4, 0.5) is 10.5 Å². The lowest BCUT2D eigenvalue weighted by molar-refractivity contribution is -0.370. The number of esters is 1. The van der Waals surface area contributed by atoms with Crippen molar-refractivity contribution in [1.29, 1.82) is 0 Å². The molecule has 0 saturated carbocycles. The highest BCUT2D eigenvalue weighted by Gasteiger charge is 2.63. The maximum Gasteiger partial charge on any atom is 0.468 e. The normalized spacial score (nSPS) is 19.0. The number of hydrogen-bond donors (Lipinski definition) is 4. The van der Waals surface area contributed by atoms with E-state index in [1.165, 1.54) is 0 Å². The molecule has 1 aliphatic carbocycles. The summed E-state index contributed by atoms with van der Waals surface area (Å²) >= 11 is 0. The Labute approximate surface area is 312 Å². The molecule has 7 rings (SSSR count). The number of hydrogen-bond acceptors (Lipinski definition) is 11. The number of anilines is 1. The lowest BCUT2D eigenvalue weighted by Gasteiger charge is -2.30. The Balaban J connectivity index is 1.19. The Morgan fingerprint density at radius 2 is 1.80 bits per heavy atom. The van der Waals surface area contributed by atoms with Gasteiger partial charge in [0.2, 0.25) is 11.5 Å². The molecule has 3 amide bonds. The second kappa shape index (κ2) is 14.3. The quantitative estimate of drug-likeness (QED) is 0.0802. The Morgan fingerprint density at radius 3 is 2.54 bits per heavy atom. The number of carbonyl (C=O) groups excluding carboxylic acids is 4. The topological polar surface area (TPSA) is 211 Å². The lowest BCUT2D eigenvalue weighted by atomic mass is 9.74. The van der Waals surface area contributed by atoms with E-state index in [2.05, 4.69) is 19.9 Å². The van der Waals surface area contributed by atoms with Crippen molar-refractivity contribution in [2.24, 2.45) is 11.8 Å². The van der Waals surface area contributed by atoms with E-state index in [1.807, 2.05) is 45.9 Å². The number of rotatable bonds is 9. The van der Waals surface area contributed by atoms with Gasteiger partial charge in [0.1, 0.15) is 5.56 Å². The van der Waals surface area contributed by atoms with Gasteiger partial charge in [0, 0.05) is 36.1 Å². The van der Waals surface area contributed by atoms with E-state index in [-0.39, 0.29) is 24.1 Å². The van der Waals surface area contributed by atoms with E-state index in [9.17, 15) is 19.3 Å². The minimum absolute atomic E-state index is 0.0353. The number of phosphoric acid groups is 1. The summed E-state index contributed by atoms with van der Waals surface area (Å²) < 4.78 is 32.5. The molecule has 3 aromatic carbocycles. The van der Waals surface area contributed by atoms with Crippen LogP contribution in [0.1, 0.15) is 58.4 Å². The number of aryl methyl sites for hydroxylation is 2. The zero-order chi connectivity index (χ0) is 38.4. The molecule has 1 atom stereocenters. The summed E-state index contributed by atoms with van der Waals surface area (Å²) in [6.07, 6.45) is 5.10. The Kier molecular flexibility index (Phi) is 9.83. The molecular weight excluding hydrogens is 717 g/mol. The minimum Gasteiger partial charge on any atom is -0.596 e. The fourth-order valence-corrected chi connectivity index (χ4v) is 8.07. The number of morpholine rings is 1. The summed E-state index contributed by atoms with van der Waals surface area (Å²) in [7, 11) is -4.33. The monoisotopic (exact) mass is 757 g/mol. The fraction of sp³-hybridized carbons (Fsp3) is 0.289. The number of fused-ring (bicyclic) bond motifs is 6. The van der Waals surface area contributed by atoms with Gasteiger partial charge in [0.15, 0.2) is 17.5 Å². The lowest BCUT2D eigenvalue weighted by Crippen LogP contribution is -2.43. The van der Waals surface area contributed by atoms with Crippen LogP contribution in [0.3, 0.4) is 0 Å². The van der Waals surface area contributed by atoms with Gasteiger partial charge < -0.3 is 29.9 Å². The molecule has 1 saturated heterocycles. The first kappa shape index (κ1) is 37.2. The molecular formula is C38H40N5O10P+2. The van der Waals surface area contributed by atoms with Crippen molar-refractivity contribution < 1.29 is 46.9 Å². The smallest absolute Gasteiger partial charge is 0.468 e. The van der Waals surface area contributed by atoms with Crippen molar-refractivity contribution in [3.8, 4) is 11.5 Å². The summed E-state index contributed by atoms with van der Waals surface area (Å²) in [5, 5.41) is 5.89. The molecule has 1 spiro atoms. The molecule has 16 heteroatoms. The molecule has 0 radical (unpaired) electrons. The Bertz CT molecular complexity index is 2140. The number of allylic oxidation sites excluding steroid dienone is 2. The van der Waals surface area contributed by atoms with Crippen LogP contribution in [0, 0.1) is 20.3 Å². The average Bonchev–Trinajstić information content (AvgIpc) is 3.43. The highest BCUT2D eigenvalue weighted by Crippen LogP contribution is 2.55. The molecule has 0 bridgehead atoms. The average molecular weight is 758 g/mol. The maximum atomic E-state index is 13.7. The van der Waals surface area contributed by atoms with Crippen molar-refractivity contribution in [2.45, 2.75) is 45.1 Å². The number of urea groups is 1. The molecule has 1 fully saturated rings. The summed E-state index contributed by atoms with van der Waals surface area (Å²) in [6.45, 7) is 9.20. The molecule has 15 nitrogen and oxygen atoms in total. The molecule has 3 aliphatic heterocycles. The zero-order valence-corrected chi connectivity index (χ0v) is 31.0. The summed E-state index contributed by atoms with van der Waals surface area (Å²) in [4.78, 5) is 54.5. The van der Waals surface area contributed by atoms with Gasteiger partial charge in [-0.25, -0.2) is 9.59 Å². The number of nitrogens with zero attached hydrogens (tertiary/aromatic N) is 1. The summed E-state index contributed by atoms with van der Waals surface area (Å²) in [5.41, 5.74) is 2.99. The third-order valence-corrected chi connectivity index (χ3v) is 10.7. The van der Waals surface area contributed by atoms with Gasteiger partial charge in [-0.3, -0.25) is 9.32 Å². The van der Waals surface area contributed by atoms with E-state index in [0.717, 1.165) is 11.1 Å². The van der Waals surface area contributed by atoms with E-state index >= 15 is 0 Å². The van der Waals surface area contributed by atoms with Gasteiger partial charge in [-0.1, -0.05) is 47.4 Å². The number of ether oxygens (including phenoxy) is 2. The summed E-state index contributed by atoms with van der Waals surface area (Å²) in [5.74, 6) is 10.3. The van der Waals surface area contributed by atoms with Crippen molar-refractivity contribution in [3.05, 3.63) is 118 Å². The number of nitrogens with two attached hydrogens (primary N) is 2. The van der Waals surface area contributed by atoms with Crippen molar-refractivity contribution >= 4 is 37.5 Å². The second-order valence-corrected chi connectivity index (χ2v) is 15.5. The Morgan fingerprint density at radius 1 is 1.06 bits per heavy atom. The standard InChI is InChI=1S/C38H38N5O10P/c1-22-17-23(2)34(32(18-22)51-54(47,52-39)53-40)37(3,4)21-33(44)41-24-9-11-28-30(19-24)49-31-20-25(42-36(46)43-13-15-48-16-14-43)10-12-29(31)38(28)27-8-6-5-7-26(27)35(45)50-38/h5-12,17-20H,13-16,21,39-40H2,1-4H3/p+2. The molecule has 0 aromatic heterocycles. The number of nitrogens with one attached hydrogen (secondary N) is 2. The zero-order valence-electron chi connectivity index (χ0n) is 30.1. The largest absolute Gasteiger partial charge is 0.596 e. The fourth-order valence-electron chi connectivity index (χ4n) is 7.55. The number of amides is 3. The number of ketones is 1. The van der Waals surface area contributed by atoms with Crippen LogP contribution < -0.4 is 31.8 Å². The van der Waals surface area contributed by atoms with Gasteiger partial charge in [0.05, 0.1) is 43.0 Å². The van der Waals surface area contributed by atoms with Crippen LogP contribution in [0.25, 0.3) is 0 Å². The van der Waals surface area contributed by atoms with Gasteiger partial charge >= 0.3 is 31.7 Å². The van der Waals surface area contributed by atoms with E-state index in [1.54, 1.807) is 59.9 Å². The van der Waals surface area contributed by atoms with Crippen molar-refractivity contribution in [2.75, 3.05) is 31.6 Å². The molecule has 3 heterocycles. The molecule has 4 aliphatic rings. The van der Waals surface area contributed by atoms with Gasteiger partial charge in [-0.05, 0) is 49.2 Å². The molecule has 1 unspecified atom stereocenters. The van der Waals surface area contributed by atoms with Crippen LogP contribution in [-0.4, -0.2) is 54.9 Å². The van der Waals surface area contributed by atoms with Crippen LogP contribution in [-0.2, 0) is 39.0 Å². The van der Waals surface area contributed by atoms with Gasteiger partial charge in [-0.2, -0.15) is 16.2 Å². The molecule has 54 heavy (non-hydrogen) atoms. The number of benzene rings is 3. The summed E-state index contributed by atoms with van der Waals surface area (Å²) in [6, 6.07) is 15.6. The SMILES string of the molecule is Cc1cc(C)c(C(C)(C)CC(=O)NC2=CC3=[O+]c4cc(NC(=O)N5CCOCC5)ccc4C4(OC(=O)c5ccccc54)C3=C[CH+]2)c(O[P+]([O-])(ON)ON)c1. The molecule has 3 aromatic rings. The van der Waals surface area contributed by atoms with Crippen LogP contribution >= 0.6 is 8.17 Å².